The van der Waals surface area contributed by atoms with Gasteiger partial charge in [0, 0.05) is 25.2 Å². The van der Waals surface area contributed by atoms with Crippen molar-refractivity contribution in [3.63, 3.8) is 0 Å². The predicted octanol–water partition coefficient (Wildman–Crippen LogP) is 3.62. The van der Waals surface area contributed by atoms with E-state index in [2.05, 4.69) is 37.5 Å². The molecule has 0 saturated carbocycles. The summed E-state index contributed by atoms with van der Waals surface area (Å²) >= 11 is 0. The van der Waals surface area contributed by atoms with E-state index in [0.717, 1.165) is 23.9 Å². The van der Waals surface area contributed by atoms with Gasteiger partial charge in [0.25, 0.3) is 0 Å². The fourth-order valence-corrected chi connectivity index (χ4v) is 3.95. The lowest BCUT2D eigenvalue weighted by atomic mass is 9.82. The monoisotopic (exact) mass is 266 g/mol. The summed E-state index contributed by atoms with van der Waals surface area (Å²) in [7, 11) is 0. The summed E-state index contributed by atoms with van der Waals surface area (Å²) in [6.45, 7) is 14.8. The average Bonchev–Trinajstić information content (AvgIpc) is 2.64. The van der Waals surface area contributed by atoms with Gasteiger partial charge in [-0.3, -0.25) is 0 Å². The molecule has 0 bridgehead atoms. The van der Waals surface area contributed by atoms with Crippen LogP contribution in [0.2, 0.25) is 0 Å². The fourth-order valence-electron chi connectivity index (χ4n) is 3.95. The third-order valence-corrected chi connectivity index (χ3v) is 5.36. The molecule has 0 aromatic carbocycles. The standard InChI is InChI=1S/C17H34N2/c1-14(2)18-10-6-5-8-16(12-18)17-9-7-11-19(13-17)15(3)4/h14-17H,5-13H2,1-4H3. The molecule has 19 heavy (non-hydrogen) atoms. The summed E-state index contributed by atoms with van der Waals surface area (Å²) in [6, 6.07) is 1.46. The molecular formula is C17H34N2. The second kappa shape index (κ2) is 7.08. The van der Waals surface area contributed by atoms with Crippen molar-refractivity contribution in [3.05, 3.63) is 0 Å². The smallest absolute Gasteiger partial charge is 0.00387 e. The summed E-state index contributed by atoms with van der Waals surface area (Å²) in [5.41, 5.74) is 0. The maximum absolute atomic E-state index is 2.73. The Morgan fingerprint density at radius 3 is 1.68 bits per heavy atom. The van der Waals surface area contributed by atoms with Crippen molar-refractivity contribution < 1.29 is 0 Å². The largest absolute Gasteiger partial charge is 0.301 e. The SMILES string of the molecule is CC(C)N1CCCCC(C2CCCN(C(C)C)C2)C1. The van der Waals surface area contributed by atoms with Gasteiger partial charge in [-0.15, -0.1) is 0 Å². The predicted molar refractivity (Wildman–Crippen MR) is 83.5 cm³/mol. The normalized spacial score (nSPS) is 31.9. The number of likely N-dealkylation sites (tertiary alicyclic amines) is 2. The Morgan fingerprint density at radius 2 is 1.16 bits per heavy atom. The Morgan fingerprint density at radius 1 is 0.684 bits per heavy atom. The maximum atomic E-state index is 2.73. The van der Waals surface area contributed by atoms with Crippen LogP contribution in [0.1, 0.15) is 59.8 Å². The highest BCUT2D eigenvalue weighted by Gasteiger charge is 2.30. The molecule has 0 aliphatic carbocycles. The van der Waals surface area contributed by atoms with Crippen LogP contribution in [0.4, 0.5) is 0 Å². The van der Waals surface area contributed by atoms with Gasteiger partial charge in [0.15, 0.2) is 0 Å². The van der Waals surface area contributed by atoms with E-state index in [4.69, 9.17) is 0 Å². The molecule has 2 fully saturated rings. The zero-order valence-electron chi connectivity index (χ0n) is 13.6. The van der Waals surface area contributed by atoms with E-state index in [1.165, 1.54) is 58.3 Å². The van der Waals surface area contributed by atoms with Crippen LogP contribution >= 0.6 is 0 Å². The summed E-state index contributed by atoms with van der Waals surface area (Å²) in [5.74, 6) is 1.90. The zero-order chi connectivity index (χ0) is 13.8. The fraction of sp³-hybridized carbons (Fsp3) is 1.00. The first-order valence-corrected chi connectivity index (χ1v) is 8.56. The van der Waals surface area contributed by atoms with Crippen molar-refractivity contribution in [2.75, 3.05) is 26.2 Å². The van der Waals surface area contributed by atoms with Crippen molar-refractivity contribution in [3.8, 4) is 0 Å². The minimum atomic E-state index is 0.727. The van der Waals surface area contributed by atoms with E-state index in [1.54, 1.807) is 0 Å². The van der Waals surface area contributed by atoms with Crippen molar-refractivity contribution in [1.82, 2.24) is 9.80 Å². The van der Waals surface area contributed by atoms with Crippen molar-refractivity contribution in [2.24, 2.45) is 11.8 Å². The van der Waals surface area contributed by atoms with Crippen LogP contribution in [0.3, 0.4) is 0 Å². The highest BCUT2D eigenvalue weighted by molar-refractivity contribution is 4.84. The molecular weight excluding hydrogens is 232 g/mol. The van der Waals surface area contributed by atoms with Gasteiger partial charge in [-0.2, -0.15) is 0 Å². The van der Waals surface area contributed by atoms with Crippen molar-refractivity contribution in [1.29, 1.82) is 0 Å². The minimum absolute atomic E-state index is 0.727. The van der Waals surface area contributed by atoms with E-state index < -0.39 is 0 Å². The van der Waals surface area contributed by atoms with Crippen LogP contribution in [0.5, 0.6) is 0 Å². The molecule has 112 valence electrons. The maximum Gasteiger partial charge on any atom is 0.00387 e. The van der Waals surface area contributed by atoms with Gasteiger partial charge >= 0.3 is 0 Å². The van der Waals surface area contributed by atoms with E-state index >= 15 is 0 Å². The van der Waals surface area contributed by atoms with Gasteiger partial charge in [0.1, 0.15) is 0 Å². The van der Waals surface area contributed by atoms with E-state index in [9.17, 15) is 0 Å². The van der Waals surface area contributed by atoms with Crippen LogP contribution in [0.15, 0.2) is 0 Å². The van der Waals surface area contributed by atoms with E-state index in [-0.39, 0.29) is 0 Å². The van der Waals surface area contributed by atoms with Gasteiger partial charge in [0.05, 0.1) is 0 Å². The molecule has 0 aromatic heterocycles. The quantitative estimate of drug-likeness (QED) is 0.770. The summed E-state index contributed by atoms with van der Waals surface area (Å²) in [6.07, 6.45) is 7.22. The third-order valence-electron chi connectivity index (χ3n) is 5.36. The molecule has 2 atom stereocenters. The number of rotatable bonds is 3. The molecule has 2 heteroatoms. The Labute approximate surface area is 120 Å². The first-order chi connectivity index (χ1) is 9.08. The lowest BCUT2D eigenvalue weighted by Crippen LogP contribution is -2.44. The van der Waals surface area contributed by atoms with Crippen LogP contribution in [-0.4, -0.2) is 48.1 Å². The molecule has 2 rings (SSSR count). The molecule has 0 radical (unpaired) electrons. The number of hydrogen-bond donors (Lipinski definition) is 0. The molecule has 2 unspecified atom stereocenters. The second-order valence-electron chi connectivity index (χ2n) is 7.34. The highest BCUT2D eigenvalue weighted by Crippen LogP contribution is 2.31. The minimum Gasteiger partial charge on any atom is -0.301 e. The van der Waals surface area contributed by atoms with Crippen LogP contribution in [-0.2, 0) is 0 Å². The lowest BCUT2D eigenvalue weighted by molar-refractivity contribution is 0.0850. The van der Waals surface area contributed by atoms with Gasteiger partial charge < -0.3 is 9.80 Å². The topological polar surface area (TPSA) is 6.48 Å². The van der Waals surface area contributed by atoms with Crippen molar-refractivity contribution >= 4 is 0 Å². The molecule has 2 heterocycles. The molecule has 0 aromatic rings. The second-order valence-corrected chi connectivity index (χ2v) is 7.34. The molecule has 2 nitrogen and oxygen atoms in total. The molecule has 0 N–H and O–H groups in total. The Kier molecular flexibility index (Phi) is 5.70. The zero-order valence-corrected chi connectivity index (χ0v) is 13.6. The molecule has 2 aliphatic heterocycles. The summed E-state index contributed by atoms with van der Waals surface area (Å²) in [4.78, 5) is 5.44. The van der Waals surface area contributed by atoms with Gasteiger partial charge in [-0.05, 0) is 78.3 Å². The van der Waals surface area contributed by atoms with Crippen LogP contribution in [0, 0.1) is 11.8 Å². The number of nitrogens with zero attached hydrogens (tertiary/aromatic N) is 2. The lowest BCUT2D eigenvalue weighted by Gasteiger charge is -2.40. The van der Waals surface area contributed by atoms with Crippen molar-refractivity contribution in [2.45, 2.75) is 71.9 Å². The first-order valence-electron chi connectivity index (χ1n) is 8.56. The van der Waals surface area contributed by atoms with E-state index in [0.29, 0.717) is 0 Å². The van der Waals surface area contributed by atoms with Crippen LogP contribution in [0.25, 0.3) is 0 Å². The Bertz CT molecular complexity index is 262. The van der Waals surface area contributed by atoms with E-state index in [1.807, 2.05) is 0 Å². The van der Waals surface area contributed by atoms with Crippen LogP contribution < -0.4 is 0 Å². The average molecular weight is 266 g/mol. The molecule has 0 spiro atoms. The highest BCUT2D eigenvalue weighted by atomic mass is 15.2. The molecule has 0 amide bonds. The molecule has 2 aliphatic rings. The Hall–Kier alpha value is -0.0800. The summed E-state index contributed by atoms with van der Waals surface area (Å²) in [5, 5.41) is 0. The van der Waals surface area contributed by atoms with Gasteiger partial charge in [0.2, 0.25) is 0 Å². The summed E-state index contributed by atoms with van der Waals surface area (Å²) < 4.78 is 0. The van der Waals surface area contributed by atoms with Gasteiger partial charge in [-0.1, -0.05) is 6.42 Å². The third kappa shape index (κ3) is 4.19. The molecule has 2 saturated heterocycles. The number of hydrogen-bond acceptors (Lipinski definition) is 2. The van der Waals surface area contributed by atoms with Gasteiger partial charge in [-0.25, -0.2) is 0 Å². The number of piperidine rings is 1. The first kappa shape index (κ1) is 15.3. The Balaban J connectivity index is 1.94.